The predicted octanol–water partition coefficient (Wildman–Crippen LogP) is -1.23. The largest absolute Gasteiger partial charge is 0.477 e. The van der Waals surface area contributed by atoms with Crippen molar-refractivity contribution in [3.05, 3.63) is 0 Å². The summed E-state index contributed by atoms with van der Waals surface area (Å²) in [6.45, 7) is 1.53. The van der Waals surface area contributed by atoms with E-state index in [0.717, 1.165) is 6.26 Å². The molecule has 2 N–H and O–H groups in total. The molecule has 0 aromatic heterocycles. The zero-order valence-electron chi connectivity index (χ0n) is 9.91. The lowest BCUT2D eigenvalue weighted by atomic mass is 10.1. The maximum absolute atomic E-state index is 11.6. The first-order valence-electron chi connectivity index (χ1n) is 5.13. The molecule has 18 heavy (non-hydrogen) atoms. The van der Waals surface area contributed by atoms with Crippen LogP contribution in [0.15, 0.2) is 5.16 Å². The molecule has 0 spiro atoms. The van der Waals surface area contributed by atoms with Crippen molar-refractivity contribution in [2.45, 2.75) is 25.5 Å². The maximum atomic E-state index is 11.6. The van der Waals surface area contributed by atoms with Gasteiger partial charge in [-0.3, -0.25) is 4.79 Å². The van der Waals surface area contributed by atoms with Gasteiger partial charge in [-0.2, -0.15) is 0 Å². The fourth-order valence-corrected chi connectivity index (χ4v) is 2.47. The van der Waals surface area contributed by atoms with Crippen molar-refractivity contribution in [3.63, 3.8) is 0 Å². The number of rotatable bonds is 5. The summed E-state index contributed by atoms with van der Waals surface area (Å²) >= 11 is 0. The topological polar surface area (TPSA) is 122 Å². The summed E-state index contributed by atoms with van der Waals surface area (Å²) < 4.78 is 22.0. The summed E-state index contributed by atoms with van der Waals surface area (Å²) in [5.41, 5.74) is -0.231. The van der Waals surface area contributed by atoms with E-state index >= 15 is 0 Å². The third-order valence-electron chi connectivity index (χ3n) is 2.15. The summed E-state index contributed by atoms with van der Waals surface area (Å²) in [5, 5.41) is 14.3. The van der Waals surface area contributed by atoms with Crippen LogP contribution in [0.25, 0.3) is 0 Å². The molecule has 2 atom stereocenters. The second-order valence-corrected chi connectivity index (χ2v) is 6.33. The number of carbonyl (C=O) groups is 2. The van der Waals surface area contributed by atoms with Crippen molar-refractivity contribution in [3.8, 4) is 0 Å². The first-order chi connectivity index (χ1) is 8.19. The van der Waals surface area contributed by atoms with Crippen molar-refractivity contribution < 1.29 is 28.0 Å². The van der Waals surface area contributed by atoms with Crippen molar-refractivity contribution in [2.75, 3.05) is 12.0 Å². The molecule has 1 amide bonds. The molecule has 0 aromatic rings. The number of nitrogens with one attached hydrogen (secondary N) is 1. The lowest BCUT2D eigenvalue weighted by Gasteiger charge is -2.14. The van der Waals surface area contributed by atoms with Crippen molar-refractivity contribution >= 4 is 27.4 Å². The highest BCUT2D eigenvalue weighted by Crippen LogP contribution is 2.11. The molecule has 0 aromatic carbocycles. The quantitative estimate of drug-likeness (QED) is 0.649. The van der Waals surface area contributed by atoms with Crippen molar-refractivity contribution in [1.29, 1.82) is 0 Å². The number of aliphatic carboxylic acids is 1. The van der Waals surface area contributed by atoms with Crippen LogP contribution in [0.1, 0.15) is 13.3 Å². The zero-order chi connectivity index (χ0) is 13.9. The van der Waals surface area contributed by atoms with E-state index in [2.05, 4.69) is 15.3 Å². The van der Waals surface area contributed by atoms with Crippen LogP contribution in [0.5, 0.6) is 0 Å². The first-order valence-corrected chi connectivity index (χ1v) is 7.19. The summed E-state index contributed by atoms with van der Waals surface area (Å²) in [6, 6.07) is -0.579. The normalized spacial score (nSPS) is 20.8. The van der Waals surface area contributed by atoms with E-state index in [1.807, 2.05) is 0 Å². The van der Waals surface area contributed by atoms with Crippen molar-refractivity contribution in [1.82, 2.24) is 5.32 Å². The van der Waals surface area contributed by atoms with E-state index in [9.17, 15) is 18.0 Å². The number of carboxylic acids is 1. The molecule has 0 saturated heterocycles. The second kappa shape index (κ2) is 5.34. The van der Waals surface area contributed by atoms with Crippen molar-refractivity contribution in [2.24, 2.45) is 5.16 Å². The Labute approximate surface area is 104 Å². The summed E-state index contributed by atoms with van der Waals surface area (Å²) in [4.78, 5) is 26.8. The van der Waals surface area contributed by atoms with Crippen LogP contribution in [0.3, 0.4) is 0 Å². The summed E-state index contributed by atoms with van der Waals surface area (Å²) in [6.07, 6.45) is -0.0850. The molecule has 1 aliphatic heterocycles. The minimum atomic E-state index is -3.20. The van der Waals surface area contributed by atoms with Gasteiger partial charge >= 0.3 is 5.97 Å². The lowest BCUT2D eigenvalue weighted by Crippen LogP contribution is -2.43. The van der Waals surface area contributed by atoms with Crippen LogP contribution in [0.4, 0.5) is 0 Å². The van der Waals surface area contributed by atoms with Crippen LogP contribution in [-0.2, 0) is 24.3 Å². The fourth-order valence-electron chi connectivity index (χ4n) is 1.48. The number of carboxylic acid groups (broad SMARTS) is 1. The third-order valence-corrected chi connectivity index (χ3v) is 3.26. The Morgan fingerprint density at radius 1 is 1.61 bits per heavy atom. The Bertz CT molecular complexity index is 483. The Morgan fingerprint density at radius 3 is 2.67 bits per heavy atom. The Balaban J connectivity index is 2.47. The zero-order valence-corrected chi connectivity index (χ0v) is 10.7. The Morgan fingerprint density at radius 2 is 2.22 bits per heavy atom. The minimum absolute atomic E-state index is 0.132. The van der Waals surface area contributed by atoms with Crippen LogP contribution in [0, 0.1) is 0 Å². The van der Waals surface area contributed by atoms with E-state index in [1.54, 1.807) is 0 Å². The van der Waals surface area contributed by atoms with Gasteiger partial charge in [-0.15, -0.1) is 0 Å². The molecule has 1 rings (SSSR count). The van der Waals surface area contributed by atoms with Gasteiger partial charge in [0, 0.05) is 18.7 Å². The third kappa shape index (κ3) is 4.32. The highest BCUT2D eigenvalue weighted by Gasteiger charge is 2.32. The Kier molecular flexibility index (Phi) is 4.28. The van der Waals surface area contributed by atoms with Gasteiger partial charge in [0.15, 0.2) is 5.71 Å². The standard InChI is InChI=1S/C9H14N2O6S/c1-5(4-18(2,15)16)10-8(12)7-3-6(9(13)14)11-17-7/h5,7H,3-4H2,1-2H3,(H,10,12)(H,13,14). The highest BCUT2D eigenvalue weighted by atomic mass is 32.2. The van der Waals surface area contributed by atoms with Crippen LogP contribution in [-0.4, -0.2) is 55.3 Å². The molecule has 0 bridgehead atoms. The Hall–Kier alpha value is -1.64. The van der Waals surface area contributed by atoms with Gasteiger partial charge in [-0.1, -0.05) is 5.16 Å². The number of hydrogen-bond donors (Lipinski definition) is 2. The van der Waals surface area contributed by atoms with Crippen LogP contribution in [0.2, 0.25) is 0 Å². The number of amides is 1. The summed E-state index contributed by atoms with van der Waals surface area (Å²) in [7, 11) is -3.20. The number of oxime groups is 1. The smallest absolute Gasteiger partial charge is 0.353 e. The van der Waals surface area contributed by atoms with E-state index in [1.165, 1.54) is 6.92 Å². The summed E-state index contributed by atoms with van der Waals surface area (Å²) in [5.74, 6) is -2.02. The molecule has 0 radical (unpaired) electrons. The molecule has 1 heterocycles. The number of hydrogen-bond acceptors (Lipinski definition) is 6. The molecular formula is C9H14N2O6S. The number of nitrogens with zero attached hydrogens (tertiary/aromatic N) is 1. The van der Waals surface area contributed by atoms with E-state index in [-0.39, 0.29) is 17.9 Å². The van der Waals surface area contributed by atoms with Gasteiger partial charge < -0.3 is 15.3 Å². The van der Waals surface area contributed by atoms with Gasteiger partial charge in [0.25, 0.3) is 5.91 Å². The van der Waals surface area contributed by atoms with Gasteiger partial charge in [0.2, 0.25) is 6.10 Å². The lowest BCUT2D eigenvalue weighted by molar-refractivity contribution is -0.131. The SMILES string of the molecule is CC(CS(C)(=O)=O)NC(=O)C1CC(C(=O)O)=NO1. The molecule has 8 nitrogen and oxygen atoms in total. The molecule has 102 valence electrons. The fraction of sp³-hybridized carbons (Fsp3) is 0.667. The molecular weight excluding hydrogens is 264 g/mol. The molecule has 0 fully saturated rings. The van der Waals surface area contributed by atoms with Crippen LogP contribution < -0.4 is 5.32 Å². The van der Waals surface area contributed by atoms with E-state index in [0.29, 0.717) is 0 Å². The molecule has 1 aliphatic rings. The average Bonchev–Trinajstić information content (AvgIpc) is 2.62. The molecule has 2 unspecified atom stereocenters. The highest BCUT2D eigenvalue weighted by molar-refractivity contribution is 7.90. The molecule has 0 saturated carbocycles. The number of sulfone groups is 1. The van der Waals surface area contributed by atoms with Crippen LogP contribution >= 0.6 is 0 Å². The molecule has 9 heteroatoms. The van der Waals surface area contributed by atoms with Gasteiger partial charge in [-0.25, -0.2) is 13.2 Å². The second-order valence-electron chi connectivity index (χ2n) is 4.14. The molecule has 0 aliphatic carbocycles. The van der Waals surface area contributed by atoms with E-state index < -0.39 is 33.9 Å². The number of carbonyl (C=O) groups excluding carboxylic acids is 1. The monoisotopic (exact) mass is 278 g/mol. The average molecular weight is 278 g/mol. The van der Waals surface area contributed by atoms with Gasteiger partial charge in [-0.05, 0) is 6.92 Å². The predicted molar refractivity (Wildman–Crippen MR) is 61.9 cm³/mol. The minimum Gasteiger partial charge on any atom is -0.477 e. The van der Waals surface area contributed by atoms with Gasteiger partial charge in [0.1, 0.15) is 9.84 Å². The maximum Gasteiger partial charge on any atom is 0.353 e. The van der Waals surface area contributed by atoms with Gasteiger partial charge in [0.05, 0.1) is 5.75 Å². The van der Waals surface area contributed by atoms with E-state index in [4.69, 9.17) is 5.11 Å². The first kappa shape index (κ1) is 14.4.